The number of methoxy groups -OCH3 is 4. The molecule has 0 amide bonds. The van der Waals surface area contributed by atoms with Crippen LogP contribution in [0.5, 0.6) is 23.0 Å². The summed E-state index contributed by atoms with van der Waals surface area (Å²) in [5, 5.41) is 60.6. The SMILES string of the molecule is C.CCC(=O)c1cnc(Nc2ccc(C(C)(C)C)c(F)n2)cc1Nc1cccc(-c2ncn(C)n2)c1OC.CCC(=O)c1cnc(Nc2ccc(C(C)(C)C)c(F)n2)cc1Nc1nccc(-c2ncn(C)n2)c1OC.CCC(=O)c1cnc(Nc2cccc(C#N)n2)cc1Nc1nccc(-c2ncn(C)n2)c1OC.CCC(=O)c1cnc(Nc2cccc(C#N)n2)cc1Nc1nccc(-c2ncn(C)n2)c1OC. The van der Waals surface area contributed by atoms with Gasteiger partial charge in [-0.05, 0) is 77.6 Å². The van der Waals surface area contributed by atoms with Crippen LogP contribution < -0.4 is 61.5 Å². The average Bonchev–Trinajstić information content (AvgIpc) is 1.51. The van der Waals surface area contributed by atoms with Crippen LogP contribution >= 0.6 is 0 Å². The first-order chi connectivity index (χ1) is 68.2. The van der Waals surface area contributed by atoms with Crippen LogP contribution in [0.25, 0.3) is 45.6 Å². The fourth-order valence-electron chi connectivity index (χ4n) is 14.1. The molecule has 0 aliphatic carbocycles. The van der Waals surface area contributed by atoms with Gasteiger partial charge in [0, 0.05) is 133 Å². The minimum atomic E-state index is -0.553. The van der Waals surface area contributed by atoms with Gasteiger partial charge in [-0.2, -0.15) is 39.7 Å². The number of halogens is 2. The van der Waals surface area contributed by atoms with Gasteiger partial charge in [-0.15, -0.1) is 0 Å². The lowest BCUT2D eigenvalue weighted by Gasteiger charge is -2.19. The first kappa shape index (κ1) is 103. The highest BCUT2D eigenvalue weighted by Crippen LogP contribution is 2.43. The number of carbonyl (C=O) groups is 4. The van der Waals surface area contributed by atoms with Crippen molar-refractivity contribution in [1.29, 1.82) is 10.5 Å². The van der Waals surface area contributed by atoms with Crippen molar-refractivity contribution in [3.8, 4) is 80.7 Å². The number of aryl methyl sites for hydroxylation is 4. The summed E-state index contributed by atoms with van der Waals surface area (Å²) in [4.78, 5) is 115. The Hall–Kier alpha value is -18.4. The van der Waals surface area contributed by atoms with Gasteiger partial charge < -0.3 is 61.5 Å². The third-order valence-corrected chi connectivity index (χ3v) is 21.1. The molecule has 0 unspecified atom stereocenters. The highest BCUT2D eigenvalue weighted by Gasteiger charge is 2.28. The monoisotopic (exact) mass is 1930 g/mol. The van der Waals surface area contributed by atoms with Crippen molar-refractivity contribution in [2.45, 2.75) is 113 Å². The number of Topliss-reactive ketones (excluding diaryl/α,β-unsaturated/α-hetero) is 4. The Morgan fingerprint density at radius 1 is 0.336 bits per heavy atom. The fourth-order valence-corrected chi connectivity index (χ4v) is 14.1. The van der Waals surface area contributed by atoms with Crippen LogP contribution in [-0.4, -0.2) is 165 Å². The molecule has 15 aromatic heterocycles. The number of nitrogens with one attached hydrogen (secondary N) is 8. The van der Waals surface area contributed by atoms with Gasteiger partial charge in [-0.1, -0.05) is 107 Å². The Kier molecular flexibility index (Phi) is 33.7. The Balaban J connectivity index is 0.000000170. The van der Waals surface area contributed by atoms with Gasteiger partial charge in [-0.25, -0.2) is 74.8 Å². The Bertz CT molecular complexity index is 6970. The Morgan fingerprint density at radius 3 is 0.874 bits per heavy atom. The summed E-state index contributed by atoms with van der Waals surface area (Å²) in [6.45, 7) is 18.7. The topological polar surface area (TPSA) is 514 Å². The maximum absolute atomic E-state index is 14.6. The number of benzene rings is 1. The van der Waals surface area contributed by atoms with E-state index in [4.69, 9.17) is 29.5 Å². The van der Waals surface area contributed by atoms with Crippen LogP contribution in [0.1, 0.15) is 166 Å². The number of ketones is 4. The maximum Gasteiger partial charge on any atom is 0.218 e. The second-order valence-electron chi connectivity index (χ2n) is 33.3. The molecule has 0 spiro atoms. The number of rotatable bonds is 32. The van der Waals surface area contributed by atoms with Crippen molar-refractivity contribution in [1.82, 2.24) is 114 Å². The van der Waals surface area contributed by atoms with Crippen LogP contribution in [0.4, 0.5) is 101 Å². The van der Waals surface area contributed by atoms with Crippen LogP contribution in [0.15, 0.2) is 190 Å². The number of aromatic nitrogens is 23. The van der Waals surface area contributed by atoms with Gasteiger partial charge in [0.05, 0.1) is 101 Å². The van der Waals surface area contributed by atoms with E-state index in [9.17, 15) is 28.0 Å². The van der Waals surface area contributed by atoms with Crippen LogP contribution in [0.2, 0.25) is 0 Å². The van der Waals surface area contributed by atoms with E-state index in [0.29, 0.717) is 208 Å². The first-order valence-corrected chi connectivity index (χ1v) is 44.3. The van der Waals surface area contributed by atoms with Gasteiger partial charge in [-0.3, -0.25) is 37.9 Å². The van der Waals surface area contributed by atoms with Crippen molar-refractivity contribution in [3.63, 3.8) is 0 Å². The zero-order valence-electron chi connectivity index (χ0n) is 80.9. The van der Waals surface area contributed by atoms with Gasteiger partial charge in [0.25, 0.3) is 0 Å². The number of ether oxygens (including phenoxy) is 4. The molecule has 1 aromatic carbocycles. The van der Waals surface area contributed by atoms with E-state index in [1.807, 2.05) is 71.9 Å². The molecule has 143 heavy (non-hydrogen) atoms. The molecule has 0 saturated carbocycles. The summed E-state index contributed by atoms with van der Waals surface area (Å²) >= 11 is 0. The summed E-state index contributed by atoms with van der Waals surface area (Å²) in [6, 6.07) is 38.4. The lowest BCUT2D eigenvalue weighted by molar-refractivity contribution is 0.0980. The number of para-hydroxylation sites is 1. The predicted molar refractivity (Wildman–Crippen MR) is 537 cm³/mol. The fraction of sp³-hybridized carbons (Fsp3) is 0.250. The molecule has 0 bridgehead atoms. The van der Waals surface area contributed by atoms with E-state index in [1.54, 1.807) is 229 Å². The molecule has 0 aliphatic rings. The zero-order chi connectivity index (χ0) is 102. The van der Waals surface area contributed by atoms with Crippen molar-refractivity contribution in [2.24, 2.45) is 28.2 Å². The molecule has 0 radical (unpaired) electrons. The number of nitrogens with zero attached hydrogens (tertiary/aromatic N) is 25. The van der Waals surface area contributed by atoms with Crippen molar-refractivity contribution < 1.29 is 46.9 Å². The lowest BCUT2D eigenvalue weighted by Crippen LogP contribution is -2.15. The highest BCUT2D eigenvalue weighted by molar-refractivity contribution is 6.05. The quantitative estimate of drug-likeness (QED) is 0.0143. The standard InChI is InChI=1S/C27H30FN7O2.C26H29FN8O2.2C23H21N9O2.CH4/c1-7-21(36)17-14-29-23(32-22-12-11-18(25(28)33-22)27(2,3)4)13-20(17)31-19-10-8-9-16(24(19)37-6)26-30-15-35(5)34-26;1-7-19(36)16-13-29-21(32-20-9-8-17(23(27)33-20)26(2,3)4)12-18(16)31-25-22(37-6)15(10-11-28-25)24-30-14-35(5)34-24;2*1-4-18(33)16-12-26-20(30-19-7-5-6-14(11-24)28-19)10-17(16)29-23-21(34-3)15(8-9-25-23)22-27-13-32(2)31-22;/h8-15H,7H2,1-6H3,(H2,29,31,32,33);8-14H,7H2,1-6H3,(H2,28,29,31,32,33);2*5-10,12-13H,4H2,1-3H3,(H2,25,26,28,29,30);1H4. The van der Waals surface area contributed by atoms with Crippen molar-refractivity contribution >= 4 is 116 Å². The van der Waals surface area contributed by atoms with E-state index in [2.05, 4.69) is 138 Å². The molecule has 0 aliphatic heterocycles. The third kappa shape index (κ3) is 25.5. The van der Waals surface area contributed by atoms with Crippen LogP contribution in [0, 0.1) is 34.6 Å². The Labute approximate surface area is 822 Å². The van der Waals surface area contributed by atoms with E-state index >= 15 is 0 Å². The van der Waals surface area contributed by atoms with E-state index in [0.717, 1.165) is 0 Å². The second-order valence-corrected chi connectivity index (χ2v) is 33.3. The van der Waals surface area contributed by atoms with Crippen molar-refractivity contribution in [2.75, 3.05) is 71.0 Å². The summed E-state index contributed by atoms with van der Waals surface area (Å²) in [6.07, 6.45) is 18.3. The number of carbonyl (C=O) groups excluding carboxylic acids is 4. The average molecular weight is 1940 g/mol. The molecular weight excluding hydrogens is 1830 g/mol. The largest absolute Gasteiger partial charge is 0.494 e. The summed E-state index contributed by atoms with van der Waals surface area (Å²) in [5.74, 6) is 6.54. The molecule has 16 aromatic rings. The summed E-state index contributed by atoms with van der Waals surface area (Å²) in [7, 11) is 13.3. The number of hydrogen-bond donors (Lipinski definition) is 8. The highest BCUT2D eigenvalue weighted by atomic mass is 19.1. The smallest absolute Gasteiger partial charge is 0.218 e. The third-order valence-electron chi connectivity index (χ3n) is 21.1. The molecule has 15 heterocycles. The lowest BCUT2D eigenvalue weighted by atomic mass is 9.88. The summed E-state index contributed by atoms with van der Waals surface area (Å²) < 4.78 is 58.2. The maximum atomic E-state index is 14.6. The van der Waals surface area contributed by atoms with Gasteiger partial charge in [0.15, 0.2) is 86.9 Å². The van der Waals surface area contributed by atoms with E-state index < -0.39 is 11.9 Å². The van der Waals surface area contributed by atoms with Gasteiger partial charge in [0.2, 0.25) is 11.9 Å². The Morgan fingerprint density at radius 2 is 0.615 bits per heavy atom. The van der Waals surface area contributed by atoms with Crippen molar-refractivity contribution in [3.05, 3.63) is 247 Å². The molecule has 0 atom stereocenters. The zero-order valence-corrected chi connectivity index (χ0v) is 80.9. The molecule has 16 rings (SSSR count). The molecule has 732 valence electrons. The van der Waals surface area contributed by atoms with Gasteiger partial charge >= 0.3 is 0 Å². The van der Waals surface area contributed by atoms with E-state index in [-0.39, 0.29) is 65.0 Å². The van der Waals surface area contributed by atoms with Crippen LogP contribution in [0.3, 0.4) is 0 Å². The first-order valence-electron chi connectivity index (χ1n) is 44.3. The normalized spacial score (nSPS) is 10.8. The number of nitriles is 2. The number of hydrogen-bond acceptors (Lipinski definition) is 37. The van der Waals surface area contributed by atoms with Gasteiger partial charge in [0.1, 0.15) is 95.4 Å². The molecule has 43 heteroatoms. The molecule has 0 fully saturated rings. The number of pyridine rings is 11. The minimum Gasteiger partial charge on any atom is -0.494 e. The molecule has 41 nitrogen and oxygen atoms in total. The molecule has 0 saturated heterocycles. The molecule has 8 N–H and O–H groups in total. The second kappa shape index (κ2) is 46.6. The number of anilines is 16. The van der Waals surface area contributed by atoms with E-state index in [1.165, 1.54) is 46.1 Å². The van der Waals surface area contributed by atoms with Crippen LogP contribution in [-0.2, 0) is 39.0 Å². The summed E-state index contributed by atoms with van der Waals surface area (Å²) in [5.41, 5.74) is 7.60. The predicted octanol–water partition coefficient (Wildman–Crippen LogP) is 18.9. The molecular formula is C100H105F2N33O8. The minimum absolute atomic E-state index is 0.